The lowest BCUT2D eigenvalue weighted by Crippen LogP contribution is -2.21. The van der Waals surface area contributed by atoms with Crippen LogP contribution in [0.5, 0.6) is 0 Å². The third-order valence-corrected chi connectivity index (χ3v) is 5.83. The molecule has 6 nitrogen and oxygen atoms in total. The van der Waals surface area contributed by atoms with E-state index in [1.54, 1.807) is 16.7 Å². The number of halogens is 1. The Balaban J connectivity index is 1.57. The molecular formula is C17H13ClN4O2S2. The summed E-state index contributed by atoms with van der Waals surface area (Å²) >= 11 is 8.71. The zero-order valence-corrected chi connectivity index (χ0v) is 16.1. The number of thioether (sulfide) groups is 1. The molecule has 4 aromatic rings. The van der Waals surface area contributed by atoms with E-state index in [9.17, 15) is 4.79 Å². The summed E-state index contributed by atoms with van der Waals surface area (Å²) in [5.41, 5.74) is 1.52. The normalized spacial score (nSPS) is 11.3. The van der Waals surface area contributed by atoms with E-state index in [0.29, 0.717) is 39.0 Å². The molecule has 4 rings (SSSR count). The maximum Gasteiger partial charge on any atom is 0.272 e. The fourth-order valence-corrected chi connectivity index (χ4v) is 4.26. The van der Waals surface area contributed by atoms with Gasteiger partial charge < -0.3 is 4.42 Å². The lowest BCUT2D eigenvalue weighted by Gasteiger charge is -2.08. The van der Waals surface area contributed by atoms with Crippen molar-refractivity contribution in [3.63, 3.8) is 0 Å². The van der Waals surface area contributed by atoms with Crippen LogP contribution in [0.25, 0.3) is 21.7 Å². The standard InChI is InChI=1S/C17H13ClN4O2S2/c1-2-22-16(23)14-12(7-8-25-14)19-17(22)26-9-13-20-21-15(24-13)10-3-5-11(18)6-4-10/h3-8H,2,9H2,1H3. The van der Waals surface area contributed by atoms with Gasteiger partial charge in [0.2, 0.25) is 11.8 Å². The Morgan fingerprint density at radius 1 is 1.23 bits per heavy atom. The highest BCUT2D eigenvalue weighted by Crippen LogP contribution is 2.25. The second kappa shape index (κ2) is 7.22. The molecular weight excluding hydrogens is 392 g/mol. The van der Waals surface area contributed by atoms with Crippen molar-refractivity contribution in [2.45, 2.75) is 24.4 Å². The quantitative estimate of drug-likeness (QED) is 0.361. The summed E-state index contributed by atoms with van der Waals surface area (Å²) in [6, 6.07) is 9.06. The summed E-state index contributed by atoms with van der Waals surface area (Å²) < 4.78 is 8.05. The van der Waals surface area contributed by atoms with Gasteiger partial charge in [-0.3, -0.25) is 9.36 Å². The van der Waals surface area contributed by atoms with E-state index in [0.717, 1.165) is 11.1 Å². The van der Waals surface area contributed by atoms with Gasteiger partial charge >= 0.3 is 0 Å². The van der Waals surface area contributed by atoms with Crippen molar-refractivity contribution in [2.24, 2.45) is 0 Å². The highest BCUT2D eigenvalue weighted by molar-refractivity contribution is 7.98. The molecule has 0 saturated heterocycles. The Labute approximate surface area is 161 Å². The maximum atomic E-state index is 12.5. The van der Waals surface area contributed by atoms with E-state index in [-0.39, 0.29) is 5.56 Å². The molecule has 26 heavy (non-hydrogen) atoms. The third-order valence-electron chi connectivity index (χ3n) is 3.73. The molecule has 0 bridgehead atoms. The van der Waals surface area contributed by atoms with Crippen molar-refractivity contribution < 1.29 is 4.42 Å². The van der Waals surface area contributed by atoms with E-state index in [1.807, 2.05) is 30.5 Å². The predicted octanol–water partition coefficient (Wildman–Crippen LogP) is 4.47. The van der Waals surface area contributed by atoms with Gasteiger partial charge in [0.25, 0.3) is 5.56 Å². The third kappa shape index (κ3) is 3.27. The van der Waals surface area contributed by atoms with Gasteiger partial charge in [-0.1, -0.05) is 23.4 Å². The van der Waals surface area contributed by atoms with Crippen molar-refractivity contribution >= 4 is 44.9 Å². The van der Waals surface area contributed by atoms with E-state index in [2.05, 4.69) is 15.2 Å². The molecule has 0 aliphatic carbocycles. The summed E-state index contributed by atoms with van der Waals surface area (Å²) in [5, 5.41) is 11.3. The highest BCUT2D eigenvalue weighted by atomic mass is 35.5. The van der Waals surface area contributed by atoms with Gasteiger partial charge in [-0.25, -0.2) is 4.98 Å². The van der Waals surface area contributed by atoms with Crippen molar-refractivity contribution in [3.8, 4) is 11.5 Å². The Morgan fingerprint density at radius 2 is 2.04 bits per heavy atom. The molecule has 0 atom stereocenters. The zero-order chi connectivity index (χ0) is 18.1. The molecule has 3 heterocycles. The lowest BCUT2D eigenvalue weighted by atomic mass is 10.2. The number of fused-ring (bicyclic) bond motifs is 1. The van der Waals surface area contributed by atoms with E-state index >= 15 is 0 Å². The van der Waals surface area contributed by atoms with Gasteiger partial charge in [0.1, 0.15) is 4.70 Å². The summed E-state index contributed by atoms with van der Waals surface area (Å²) in [5.74, 6) is 1.34. The minimum Gasteiger partial charge on any atom is -0.420 e. The first-order valence-electron chi connectivity index (χ1n) is 7.85. The van der Waals surface area contributed by atoms with Crippen LogP contribution in [-0.4, -0.2) is 19.7 Å². The molecule has 0 aliphatic rings. The Kier molecular flexibility index (Phi) is 4.80. The summed E-state index contributed by atoms with van der Waals surface area (Å²) in [7, 11) is 0. The molecule has 9 heteroatoms. The van der Waals surface area contributed by atoms with Crippen LogP contribution in [0, 0.1) is 0 Å². The molecule has 0 N–H and O–H groups in total. The van der Waals surface area contributed by atoms with E-state index in [4.69, 9.17) is 16.0 Å². The van der Waals surface area contributed by atoms with Gasteiger partial charge in [-0.15, -0.1) is 21.5 Å². The molecule has 132 valence electrons. The van der Waals surface area contributed by atoms with Gasteiger partial charge in [-0.05, 0) is 42.6 Å². The van der Waals surface area contributed by atoms with Gasteiger partial charge in [-0.2, -0.15) is 0 Å². The summed E-state index contributed by atoms with van der Waals surface area (Å²) in [4.78, 5) is 17.1. The van der Waals surface area contributed by atoms with E-state index < -0.39 is 0 Å². The van der Waals surface area contributed by atoms with Crippen LogP contribution >= 0.6 is 34.7 Å². The second-order valence-electron chi connectivity index (χ2n) is 5.38. The smallest absolute Gasteiger partial charge is 0.272 e. The average molecular weight is 405 g/mol. The molecule has 0 radical (unpaired) electrons. The predicted molar refractivity (Wildman–Crippen MR) is 104 cm³/mol. The molecule has 0 saturated carbocycles. The second-order valence-corrected chi connectivity index (χ2v) is 7.67. The first kappa shape index (κ1) is 17.3. The van der Waals surface area contributed by atoms with Gasteiger partial charge in [0.15, 0.2) is 5.16 Å². The molecule has 0 spiro atoms. The molecule has 0 unspecified atom stereocenters. The SMILES string of the molecule is CCn1c(SCc2nnc(-c3ccc(Cl)cc3)o2)nc2ccsc2c1=O. The number of nitrogens with zero attached hydrogens (tertiary/aromatic N) is 4. The van der Waals surface area contributed by atoms with Crippen molar-refractivity contribution in [2.75, 3.05) is 0 Å². The fraction of sp³-hybridized carbons (Fsp3) is 0.176. The average Bonchev–Trinajstić information content (AvgIpc) is 3.30. The van der Waals surface area contributed by atoms with Crippen LogP contribution in [0.3, 0.4) is 0 Å². The lowest BCUT2D eigenvalue weighted by molar-refractivity contribution is 0.527. The molecule has 0 fully saturated rings. The summed E-state index contributed by atoms with van der Waals surface area (Å²) in [6.45, 7) is 2.49. The Hall–Kier alpha value is -2.16. The van der Waals surface area contributed by atoms with Gasteiger partial charge in [0, 0.05) is 17.1 Å². The number of rotatable bonds is 5. The van der Waals surface area contributed by atoms with Crippen LogP contribution < -0.4 is 5.56 Å². The number of hydrogen-bond acceptors (Lipinski definition) is 7. The number of thiophene rings is 1. The molecule has 1 aromatic carbocycles. The van der Waals surface area contributed by atoms with Crippen molar-refractivity contribution in [1.29, 1.82) is 0 Å². The Bertz CT molecular complexity index is 1120. The van der Waals surface area contributed by atoms with Gasteiger partial charge in [0.05, 0.1) is 11.3 Å². The van der Waals surface area contributed by atoms with Crippen LogP contribution in [-0.2, 0) is 12.3 Å². The monoisotopic (exact) mass is 404 g/mol. The Morgan fingerprint density at radius 3 is 2.81 bits per heavy atom. The molecule has 0 amide bonds. The number of hydrogen-bond donors (Lipinski definition) is 0. The van der Waals surface area contributed by atoms with E-state index in [1.165, 1.54) is 23.1 Å². The van der Waals surface area contributed by atoms with Crippen LogP contribution in [0.15, 0.2) is 50.1 Å². The number of aromatic nitrogens is 4. The maximum absolute atomic E-state index is 12.5. The largest absolute Gasteiger partial charge is 0.420 e. The minimum absolute atomic E-state index is 0.0117. The first-order chi connectivity index (χ1) is 12.7. The number of benzene rings is 1. The van der Waals surface area contributed by atoms with Crippen LogP contribution in [0.2, 0.25) is 5.02 Å². The molecule has 3 aromatic heterocycles. The fourth-order valence-electron chi connectivity index (χ4n) is 2.46. The first-order valence-corrected chi connectivity index (χ1v) is 10.1. The minimum atomic E-state index is -0.0117. The van der Waals surface area contributed by atoms with Crippen LogP contribution in [0.4, 0.5) is 0 Å². The van der Waals surface area contributed by atoms with Crippen LogP contribution in [0.1, 0.15) is 12.8 Å². The van der Waals surface area contributed by atoms with Crippen molar-refractivity contribution in [1.82, 2.24) is 19.7 Å². The zero-order valence-electron chi connectivity index (χ0n) is 13.7. The molecule has 0 aliphatic heterocycles. The highest BCUT2D eigenvalue weighted by Gasteiger charge is 2.14. The summed E-state index contributed by atoms with van der Waals surface area (Å²) in [6.07, 6.45) is 0. The van der Waals surface area contributed by atoms with Crippen molar-refractivity contribution in [3.05, 3.63) is 57.0 Å². The topological polar surface area (TPSA) is 73.8 Å².